The average molecular weight is 398 g/mol. The van der Waals surface area contributed by atoms with Gasteiger partial charge in [0.05, 0.1) is 5.69 Å². The minimum atomic E-state index is -0.475. The molecule has 0 amide bonds. The lowest BCUT2D eigenvalue weighted by molar-refractivity contribution is 0.0561. The molecule has 158 valence electrons. The van der Waals surface area contributed by atoms with Gasteiger partial charge in [-0.05, 0) is 56.8 Å². The molecule has 0 bridgehead atoms. The zero-order chi connectivity index (χ0) is 20.5. The van der Waals surface area contributed by atoms with Crippen molar-refractivity contribution in [2.75, 3.05) is 27.2 Å². The first kappa shape index (κ1) is 21.8. The molecule has 1 atom stereocenters. The quantitative estimate of drug-likeness (QED) is 0.662. The Morgan fingerprint density at radius 1 is 1.07 bits per heavy atom. The fourth-order valence-electron chi connectivity index (χ4n) is 4.12. The largest absolute Gasteiger partial charge is 0.491 e. The molecular formula is C24H35N3O2. The molecule has 1 aliphatic rings. The Morgan fingerprint density at radius 3 is 2.66 bits per heavy atom. The van der Waals surface area contributed by atoms with Gasteiger partial charge >= 0.3 is 0 Å². The highest BCUT2D eigenvalue weighted by molar-refractivity contribution is 5.28. The number of aliphatic hydroxyl groups is 1. The molecule has 1 aliphatic carbocycles. The number of aromatic nitrogens is 1. The summed E-state index contributed by atoms with van der Waals surface area (Å²) < 4.78 is 5.89. The maximum atomic E-state index is 10.4. The molecule has 1 heterocycles. The fourth-order valence-corrected chi connectivity index (χ4v) is 4.12. The highest BCUT2D eigenvalue weighted by Crippen LogP contribution is 2.22. The minimum absolute atomic E-state index is 0.324. The van der Waals surface area contributed by atoms with Crippen LogP contribution in [0.5, 0.6) is 5.75 Å². The molecule has 5 heteroatoms. The van der Waals surface area contributed by atoms with Gasteiger partial charge in [0, 0.05) is 31.9 Å². The van der Waals surface area contributed by atoms with Gasteiger partial charge in [-0.1, -0.05) is 37.5 Å². The van der Waals surface area contributed by atoms with Crippen molar-refractivity contribution in [3.63, 3.8) is 0 Å². The predicted octanol–water partition coefficient (Wildman–Crippen LogP) is 3.72. The van der Waals surface area contributed by atoms with E-state index < -0.39 is 6.10 Å². The van der Waals surface area contributed by atoms with Crippen molar-refractivity contribution in [1.29, 1.82) is 0 Å². The van der Waals surface area contributed by atoms with Gasteiger partial charge < -0.3 is 14.7 Å². The lowest BCUT2D eigenvalue weighted by atomic mass is 9.94. The monoisotopic (exact) mass is 397 g/mol. The van der Waals surface area contributed by atoms with E-state index in [1.807, 2.05) is 36.5 Å². The number of hydrogen-bond acceptors (Lipinski definition) is 5. The molecule has 2 aromatic rings. The van der Waals surface area contributed by atoms with E-state index >= 15 is 0 Å². The van der Waals surface area contributed by atoms with Gasteiger partial charge in [-0.2, -0.15) is 0 Å². The smallest absolute Gasteiger partial charge is 0.119 e. The second-order valence-electron chi connectivity index (χ2n) is 8.34. The molecule has 5 nitrogen and oxygen atoms in total. The molecule has 0 radical (unpaired) electrons. The van der Waals surface area contributed by atoms with Crippen molar-refractivity contribution >= 4 is 0 Å². The molecule has 1 aromatic carbocycles. The van der Waals surface area contributed by atoms with E-state index in [1.54, 1.807) is 0 Å². The van der Waals surface area contributed by atoms with E-state index in [9.17, 15) is 5.11 Å². The second kappa shape index (κ2) is 11.3. The summed E-state index contributed by atoms with van der Waals surface area (Å²) in [6.45, 7) is 2.61. The summed E-state index contributed by atoms with van der Waals surface area (Å²) in [6.07, 6.45) is 7.82. The van der Waals surface area contributed by atoms with Crippen LogP contribution >= 0.6 is 0 Å². The van der Waals surface area contributed by atoms with E-state index in [4.69, 9.17) is 4.74 Å². The van der Waals surface area contributed by atoms with Crippen LogP contribution in [0, 0.1) is 0 Å². The summed E-state index contributed by atoms with van der Waals surface area (Å²) in [5.41, 5.74) is 2.25. The van der Waals surface area contributed by atoms with Crippen LogP contribution in [-0.2, 0) is 13.1 Å². The number of nitrogens with zero attached hydrogens (tertiary/aromatic N) is 3. The van der Waals surface area contributed by atoms with Gasteiger partial charge in [-0.15, -0.1) is 0 Å². The molecule has 1 N–H and O–H groups in total. The van der Waals surface area contributed by atoms with E-state index in [2.05, 4.69) is 41.0 Å². The standard InChI is InChI=1S/C24H35N3O2/c1-26(17-21-10-6-7-14-25-21)16-20-9-8-13-24(15-20)29-19-23(28)18-27(2)22-11-4-3-5-12-22/h6-10,13-15,22-23,28H,3-5,11-12,16-19H2,1-2H3. The number of ether oxygens (including phenoxy) is 1. The molecule has 1 fully saturated rings. The lowest BCUT2D eigenvalue weighted by Gasteiger charge is -2.32. The number of rotatable bonds is 10. The first-order chi connectivity index (χ1) is 14.1. The molecule has 1 saturated carbocycles. The van der Waals surface area contributed by atoms with E-state index in [-0.39, 0.29) is 0 Å². The van der Waals surface area contributed by atoms with Crippen LogP contribution in [-0.4, -0.2) is 59.3 Å². The predicted molar refractivity (Wildman–Crippen MR) is 117 cm³/mol. The maximum Gasteiger partial charge on any atom is 0.119 e. The molecule has 29 heavy (non-hydrogen) atoms. The normalized spacial score (nSPS) is 16.3. The third kappa shape index (κ3) is 7.42. The van der Waals surface area contributed by atoms with Crippen molar-refractivity contribution in [3.05, 3.63) is 59.9 Å². The SMILES string of the molecule is CN(Cc1cccc(OCC(O)CN(C)C2CCCCC2)c1)Cc1ccccn1. The highest BCUT2D eigenvalue weighted by atomic mass is 16.5. The van der Waals surface area contributed by atoms with E-state index in [1.165, 1.54) is 37.7 Å². The van der Waals surface area contributed by atoms with Gasteiger partial charge in [0.15, 0.2) is 0 Å². The van der Waals surface area contributed by atoms with Crippen LogP contribution in [0.1, 0.15) is 43.4 Å². The number of hydrogen-bond donors (Lipinski definition) is 1. The average Bonchev–Trinajstić information content (AvgIpc) is 2.74. The van der Waals surface area contributed by atoms with Crippen LogP contribution in [0.2, 0.25) is 0 Å². The zero-order valence-corrected chi connectivity index (χ0v) is 17.8. The first-order valence-electron chi connectivity index (χ1n) is 10.8. The van der Waals surface area contributed by atoms with Gasteiger partial charge in [0.1, 0.15) is 18.5 Å². The van der Waals surface area contributed by atoms with Crippen LogP contribution in [0.3, 0.4) is 0 Å². The van der Waals surface area contributed by atoms with E-state index in [0.29, 0.717) is 19.2 Å². The molecule has 1 unspecified atom stereocenters. The maximum absolute atomic E-state index is 10.4. The molecule has 0 saturated heterocycles. The summed E-state index contributed by atoms with van der Waals surface area (Å²) >= 11 is 0. The summed E-state index contributed by atoms with van der Waals surface area (Å²) in [5.74, 6) is 0.813. The first-order valence-corrected chi connectivity index (χ1v) is 10.8. The highest BCUT2D eigenvalue weighted by Gasteiger charge is 2.20. The Labute approximate surface area is 175 Å². The van der Waals surface area contributed by atoms with Gasteiger partial charge in [0.25, 0.3) is 0 Å². The lowest BCUT2D eigenvalue weighted by Crippen LogP contribution is -2.40. The second-order valence-corrected chi connectivity index (χ2v) is 8.34. The minimum Gasteiger partial charge on any atom is -0.491 e. The number of aliphatic hydroxyl groups excluding tert-OH is 1. The zero-order valence-electron chi connectivity index (χ0n) is 17.8. The van der Waals surface area contributed by atoms with Crippen LogP contribution in [0.4, 0.5) is 0 Å². The fraction of sp³-hybridized carbons (Fsp3) is 0.542. The van der Waals surface area contributed by atoms with Gasteiger partial charge in [-0.3, -0.25) is 9.88 Å². The molecule has 0 spiro atoms. The third-order valence-corrected chi connectivity index (χ3v) is 5.65. The van der Waals surface area contributed by atoms with Gasteiger partial charge in [-0.25, -0.2) is 0 Å². The van der Waals surface area contributed by atoms with Crippen LogP contribution in [0.25, 0.3) is 0 Å². The Morgan fingerprint density at radius 2 is 1.90 bits per heavy atom. The number of pyridine rings is 1. The van der Waals surface area contributed by atoms with Crippen molar-refractivity contribution in [2.45, 2.75) is 57.3 Å². The van der Waals surface area contributed by atoms with Crippen molar-refractivity contribution in [1.82, 2.24) is 14.8 Å². The molecule has 1 aromatic heterocycles. The van der Waals surface area contributed by atoms with Crippen molar-refractivity contribution in [2.24, 2.45) is 0 Å². The summed E-state index contributed by atoms with van der Waals surface area (Å²) in [5, 5.41) is 10.4. The Balaban J connectivity index is 1.44. The number of likely N-dealkylation sites (N-methyl/N-ethyl adjacent to an activating group) is 1. The van der Waals surface area contributed by atoms with Crippen LogP contribution in [0.15, 0.2) is 48.7 Å². The van der Waals surface area contributed by atoms with Crippen LogP contribution < -0.4 is 4.74 Å². The Bertz CT molecular complexity index is 719. The topological polar surface area (TPSA) is 48.8 Å². The van der Waals surface area contributed by atoms with Crippen molar-refractivity contribution in [3.8, 4) is 5.75 Å². The molecule has 3 rings (SSSR count). The summed E-state index contributed by atoms with van der Waals surface area (Å²) in [6, 6.07) is 14.7. The molecule has 0 aliphatic heterocycles. The Kier molecular flexibility index (Phi) is 8.47. The summed E-state index contributed by atoms with van der Waals surface area (Å²) in [4.78, 5) is 8.92. The number of benzene rings is 1. The Hall–Kier alpha value is -1.95. The third-order valence-electron chi connectivity index (χ3n) is 5.65. The van der Waals surface area contributed by atoms with Crippen molar-refractivity contribution < 1.29 is 9.84 Å². The molecular weight excluding hydrogens is 362 g/mol. The van der Waals surface area contributed by atoms with Gasteiger partial charge in [0.2, 0.25) is 0 Å². The summed E-state index contributed by atoms with van der Waals surface area (Å²) in [7, 11) is 4.21. The van der Waals surface area contributed by atoms with E-state index in [0.717, 1.165) is 24.5 Å².